The molecule has 9 heteroatoms. The van der Waals surface area contributed by atoms with E-state index in [9.17, 15) is 23.8 Å². The number of aliphatic carboxylic acids is 1. The number of carboxylic acid groups (broad SMARTS) is 1. The molecule has 1 fully saturated rings. The third-order valence-corrected chi connectivity index (χ3v) is 4.25. The first-order chi connectivity index (χ1) is 12.0. The zero-order chi connectivity index (χ0) is 17.7. The Morgan fingerprint density at radius 3 is 2.80 bits per heavy atom. The molecule has 0 radical (unpaired) electrons. The Morgan fingerprint density at radius 1 is 1.32 bits per heavy atom. The number of fused-ring (bicyclic) bond motifs is 3. The average molecular weight is 349 g/mol. The quantitative estimate of drug-likeness (QED) is 0.748. The maximum atomic E-state index is 13.3. The fraction of sp³-hybridized carbons (Fsp3) is 0.312. The smallest absolute Gasteiger partial charge is 0.326 e. The van der Waals surface area contributed by atoms with Gasteiger partial charge in [0.15, 0.2) is 17.2 Å². The number of para-hydroxylation sites is 1. The highest BCUT2D eigenvalue weighted by atomic mass is 19.3. The van der Waals surface area contributed by atoms with E-state index in [4.69, 9.17) is 4.42 Å². The number of alkyl halides is 2. The minimum Gasteiger partial charge on any atom is -0.480 e. The number of aromatic nitrogens is 2. The fourth-order valence-corrected chi connectivity index (χ4v) is 3.17. The molecule has 3 aromatic rings. The van der Waals surface area contributed by atoms with E-state index in [1.54, 1.807) is 24.3 Å². The number of halogens is 2. The van der Waals surface area contributed by atoms with E-state index in [-0.39, 0.29) is 29.9 Å². The number of aliphatic hydroxyl groups is 1. The maximum absolute atomic E-state index is 13.3. The third-order valence-electron chi connectivity index (χ3n) is 4.25. The molecule has 0 aliphatic carbocycles. The normalized spacial score (nSPS) is 20.9. The van der Waals surface area contributed by atoms with Crippen molar-refractivity contribution >= 4 is 33.9 Å². The van der Waals surface area contributed by atoms with Crippen LogP contribution in [0.2, 0.25) is 0 Å². The molecule has 2 atom stereocenters. The van der Waals surface area contributed by atoms with Gasteiger partial charge in [-0.15, -0.1) is 0 Å². The Kier molecular flexibility index (Phi) is 3.53. The number of hydrogen-bond acceptors (Lipinski definition) is 6. The number of β-amino-alcohol motifs (C(OH)–C–C–N with tert-alkyl or cyclic N) is 1. The van der Waals surface area contributed by atoms with Crippen molar-refractivity contribution in [3.05, 3.63) is 30.1 Å². The first kappa shape index (κ1) is 15.7. The zero-order valence-corrected chi connectivity index (χ0v) is 12.8. The minimum absolute atomic E-state index is 0.0227. The van der Waals surface area contributed by atoms with Gasteiger partial charge in [-0.3, -0.25) is 0 Å². The van der Waals surface area contributed by atoms with Crippen LogP contribution in [0.3, 0.4) is 0 Å². The van der Waals surface area contributed by atoms with E-state index in [1.165, 1.54) is 4.90 Å². The van der Waals surface area contributed by atoms with Gasteiger partial charge in [-0.05, 0) is 12.1 Å². The molecule has 1 saturated heterocycles. The Morgan fingerprint density at radius 2 is 2.08 bits per heavy atom. The van der Waals surface area contributed by atoms with Gasteiger partial charge in [0.25, 0.3) is 6.43 Å². The van der Waals surface area contributed by atoms with Crippen molar-refractivity contribution in [1.82, 2.24) is 9.97 Å². The van der Waals surface area contributed by atoms with E-state index < -0.39 is 30.4 Å². The molecule has 0 spiro atoms. The summed E-state index contributed by atoms with van der Waals surface area (Å²) >= 11 is 0. The predicted octanol–water partition coefficient (Wildman–Crippen LogP) is 2.34. The summed E-state index contributed by atoms with van der Waals surface area (Å²) in [5, 5.41) is 19.8. The van der Waals surface area contributed by atoms with Crippen molar-refractivity contribution in [2.45, 2.75) is 25.0 Å². The first-order valence-electron chi connectivity index (χ1n) is 7.60. The molecule has 0 bridgehead atoms. The van der Waals surface area contributed by atoms with Crippen LogP contribution in [-0.4, -0.2) is 44.8 Å². The molecule has 25 heavy (non-hydrogen) atoms. The molecule has 4 rings (SSSR count). The van der Waals surface area contributed by atoms with Crippen LogP contribution in [0.25, 0.3) is 22.1 Å². The van der Waals surface area contributed by atoms with Gasteiger partial charge >= 0.3 is 5.97 Å². The van der Waals surface area contributed by atoms with Gasteiger partial charge in [-0.25, -0.2) is 23.5 Å². The number of rotatable bonds is 3. The average Bonchev–Trinajstić information content (AvgIpc) is 3.14. The second kappa shape index (κ2) is 5.62. The third kappa shape index (κ3) is 2.47. The van der Waals surface area contributed by atoms with Crippen molar-refractivity contribution in [2.75, 3.05) is 11.4 Å². The summed E-state index contributed by atoms with van der Waals surface area (Å²) in [6.07, 6.45) is -3.84. The SMILES string of the molecule is O=C(O)[C@@H]1C[C@H](O)CN1c1nc(C(F)F)nc2c1oc1ccccc12. The topological polar surface area (TPSA) is 99.7 Å². The molecule has 1 aromatic carbocycles. The summed E-state index contributed by atoms with van der Waals surface area (Å²) in [6, 6.07) is 5.72. The Labute approximate surface area is 139 Å². The lowest BCUT2D eigenvalue weighted by molar-refractivity contribution is -0.138. The van der Waals surface area contributed by atoms with Crippen LogP contribution in [0.1, 0.15) is 18.7 Å². The van der Waals surface area contributed by atoms with Crippen LogP contribution < -0.4 is 4.90 Å². The molecule has 7 nitrogen and oxygen atoms in total. The molecular formula is C16H13F2N3O4. The number of benzene rings is 1. The van der Waals surface area contributed by atoms with Crippen LogP contribution in [0, 0.1) is 0 Å². The largest absolute Gasteiger partial charge is 0.480 e. The molecule has 1 aliphatic heterocycles. The second-order valence-electron chi connectivity index (χ2n) is 5.88. The number of nitrogens with zero attached hydrogens (tertiary/aromatic N) is 3. The van der Waals surface area contributed by atoms with Gasteiger partial charge in [-0.2, -0.15) is 0 Å². The molecule has 0 amide bonds. The van der Waals surface area contributed by atoms with Crippen LogP contribution >= 0.6 is 0 Å². The molecule has 2 N–H and O–H groups in total. The summed E-state index contributed by atoms with van der Waals surface area (Å²) in [5.74, 6) is -1.92. The van der Waals surface area contributed by atoms with Crippen molar-refractivity contribution in [3.63, 3.8) is 0 Å². The summed E-state index contributed by atoms with van der Waals surface area (Å²) < 4.78 is 32.2. The van der Waals surface area contributed by atoms with E-state index in [0.717, 1.165) is 0 Å². The monoisotopic (exact) mass is 349 g/mol. The van der Waals surface area contributed by atoms with Gasteiger partial charge in [0.05, 0.1) is 6.10 Å². The van der Waals surface area contributed by atoms with Gasteiger partial charge in [-0.1, -0.05) is 12.1 Å². The standard InChI is InChI=1S/C16H13F2N3O4/c17-13(18)14-19-11-8-3-1-2-4-10(8)25-12(11)15(20-14)21-6-7(22)5-9(21)16(23)24/h1-4,7,9,13,22H,5-6H2,(H,23,24)/t7-,9-/m0/s1. The molecule has 0 saturated carbocycles. The Balaban J connectivity index is 2.00. The number of carbonyl (C=O) groups is 1. The van der Waals surface area contributed by atoms with Crippen molar-refractivity contribution in [3.8, 4) is 0 Å². The molecular weight excluding hydrogens is 336 g/mol. The van der Waals surface area contributed by atoms with E-state index >= 15 is 0 Å². The summed E-state index contributed by atoms with van der Waals surface area (Å²) in [7, 11) is 0. The first-order valence-corrected chi connectivity index (χ1v) is 7.60. The van der Waals surface area contributed by atoms with Gasteiger partial charge < -0.3 is 19.5 Å². The highest BCUT2D eigenvalue weighted by molar-refractivity contribution is 6.06. The molecule has 3 heterocycles. The van der Waals surface area contributed by atoms with Crippen molar-refractivity contribution < 1.29 is 28.2 Å². The zero-order valence-electron chi connectivity index (χ0n) is 12.8. The van der Waals surface area contributed by atoms with Crippen LogP contribution in [-0.2, 0) is 4.79 Å². The molecule has 130 valence electrons. The van der Waals surface area contributed by atoms with Crippen molar-refractivity contribution in [1.29, 1.82) is 0 Å². The fourth-order valence-electron chi connectivity index (χ4n) is 3.17. The number of aliphatic hydroxyl groups excluding tert-OH is 1. The van der Waals surface area contributed by atoms with E-state index in [2.05, 4.69) is 9.97 Å². The molecule has 0 unspecified atom stereocenters. The highest BCUT2D eigenvalue weighted by Gasteiger charge is 2.39. The van der Waals surface area contributed by atoms with Crippen LogP contribution in [0.15, 0.2) is 28.7 Å². The van der Waals surface area contributed by atoms with Crippen molar-refractivity contribution in [2.24, 2.45) is 0 Å². The minimum atomic E-state index is -2.92. The molecule has 1 aliphatic rings. The lowest BCUT2D eigenvalue weighted by Gasteiger charge is -2.22. The Bertz CT molecular complexity index is 975. The lowest BCUT2D eigenvalue weighted by Crippen LogP contribution is -2.36. The van der Waals surface area contributed by atoms with Crippen LogP contribution in [0.4, 0.5) is 14.6 Å². The summed E-state index contributed by atoms with van der Waals surface area (Å²) in [4.78, 5) is 20.5. The second-order valence-corrected chi connectivity index (χ2v) is 5.88. The predicted molar refractivity (Wildman–Crippen MR) is 83.7 cm³/mol. The van der Waals surface area contributed by atoms with E-state index in [0.29, 0.717) is 11.0 Å². The Hall–Kier alpha value is -2.81. The lowest BCUT2D eigenvalue weighted by atomic mass is 10.2. The van der Waals surface area contributed by atoms with E-state index in [1.807, 2.05) is 0 Å². The molecule has 2 aromatic heterocycles. The number of hydrogen-bond donors (Lipinski definition) is 2. The van der Waals surface area contributed by atoms with Gasteiger partial charge in [0, 0.05) is 18.4 Å². The van der Waals surface area contributed by atoms with Gasteiger partial charge in [0.2, 0.25) is 0 Å². The number of furan rings is 1. The maximum Gasteiger partial charge on any atom is 0.326 e. The summed E-state index contributed by atoms with van der Waals surface area (Å²) in [5.41, 5.74) is 0.762. The van der Waals surface area contributed by atoms with Crippen LogP contribution in [0.5, 0.6) is 0 Å². The van der Waals surface area contributed by atoms with Gasteiger partial charge in [0.1, 0.15) is 17.1 Å². The number of anilines is 1. The summed E-state index contributed by atoms with van der Waals surface area (Å²) in [6.45, 7) is -0.0389. The number of carboxylic acids is 1. The highest BCUT2D eigenvalue weighted by Crippen LogP contribution is 2.37.